The zero-order chi connectivity index (χ0) is 23.8. The molecular formula is C32H36O3. The molecule has 182 valence electrons. The third-order valence-corrected chi connectivity index (χ3v) is 9.13. The van der Waals surface area contributed by atoms with Gasteiger partial charge in [-0.15, -0.1) is 0 Å². The highest BCUT2D eigenvalue weighted by Crippen LogP contribution is 2.61. The molecule has 0 saturated heterocycles. The van der Waals surface area contributed by atoms with E-state index in [0.717, 1.165) is 31.4 Å². The van der Waals surface area contributed by atoms with E-state index in [4.69, 9.17) is 9.47 Å². The molecule has 2 fully saturated rings. The monoisotopic (exact) mass is 468 g/mol. The molecule has 3 aromatic carbocycles. The molecule has 0 bridgehead atoms. The van der Waals surface area contributed by atoms with Gasteiger partial charge in [-0.05, 0) is 83.7 Å². The highest BCUT2D eigenvalue weighted by molar-refractivity contribution is 5.41. The van der Waals surface area contributed by atoms with Crippen LogP contribution in [0.2, 0.25) is 0 Å². The lowest BCUT2D eigenvalue weighted by Crippen LogP contribution is -2.50. The van der Waals surface area contributed by atoms with Gasteiger partial charge in [-0.25, -0.2) is 0 Å². The summed E-state index contributed by atoms with van der Waals surface area (Å²) in [5.41, 5.74) is 5.15. The van der Waals surface area contributed by atoms with Crippen molar-refractivity contribution in [2.75, 3.05) is 0 Å². The SMILES string of the molecule is C[C@]12C[C@@H](O)[C@@H]3c4ccc(OCc5ccccc5)cc4CC[C@H]3[C@@H]1CC[C@@H]2OCc1ccccc1. The van der Waals surface area contributed by atoms with Crippen LogP contribution in [0.5, 0.6) is 5.75 Å². The zero-order valence-corrected chi connectivity index (χ0v) is 20.6. The average Bonchev–Trinajstić information content (AvgIpc) is 3.22. The molecule has 3 heteroatoms. The van der Waals surface area contributed by atoms with E-state index >= 15 is 0 Å². The molecule has 1 N–H and O–H groups in total. The molecule has 3 aromatic rings. The lowest BCUT2D eigenvalue weighted by atomic mass is 9.54. The third-order valence-electron chi connectivity index (χ3n) is 9.13. The molecule has 0 radical (unpaired) electrons. The Labute approximate surface area is 209 Å². The number of ether oxygens (including phenoxy) is 2. The summed E-state index contributed by atoms with van der Waals surface area (Å²) in [4.78, 5) is 0. The van der Waals surface area contributed by atoms with Gasteiger partial charge in [0.1, 0.15) is 12.4 Å². The Morgan fingerprint density at radius 1 is 0.857 bits per heavy atom. The van der Waals surface area contributed by atoms with Crippen LogP contribution in [0, 0.1) is 17.3 Å². The van der Waals surface area contributed by atoms with Gasteiger partial charge < -0.3 is 14.6 Å². The minimum Gasteiger partial charge on any atom is -0.489 e. The van der Waals surface area contributed by atoms with Crippen LogP contribution in [-0.2, 0) is 24.4 Å². The standard InChI is InChI=1S/C32H36O3/c1-32-19-29(33)31-26-15-13-25(34-20-22-8-4-2-5-9-22)18-24(26)12-14-27(31)28(32)16-17-30(32)35-21-23-10-6-3-7-11-23/h2-11,13,15,18,27-31,33H,12,14,16-17,19-21H2,1H3/t27-,28-,29+,30-,31+,32-/m0/s1. The van der Waals surface area contributed by atoms with Gasteiger partial charge in [-0.2, -0.15) is 0 Å². The van der Waals surface area contributed by atoms with Crippen molar-refractivity contribution >= 4 is 0 Å². The van der Waals surface area contributed by atoms with Gasteiger partial charge in [0, 0.05) is 5.92 Å². The first-order chi connectivity index (χ1) is 17.1. The normalized spacial score (nSPS) is 31.3. The summed E-state index contributed by atoms with van der Waals surface area (Å²) < 4.78 is 12.6. The fourth-order valence-electron chi connectivity index (χ4n) is 7.47. The van der Waals surface area contributed by atoms with Crippen molar-refractivity contribution < 1.29 is 14.6 Å². The highest BCUT2D eigenvalue weighted by Gasteiger charge is 2.58. The number of hydrogen-bond acceptors (Lipinski definition) is 3. The number of aryl methyl sites for hydroxylation is 1. The van der Waals surface area contributed by atoms with Gasteiger partial charge in [0.15, 0.2) is 0 Å². The van der Waals surface area contributed by atoms with Crippen LogP contribution in [0.15, 0.2) is 78.9 Å². The number of benzene rings is 3. The zero-order valence-electron chi connectivity index (χ0n) is 20.6. The maximum Gasteiger partial charge on any atom is 0.120 e. The van der Waals surface area contributed by atoms with E-state index in [1.165, 1.54) is 28.7 Å². The second-order valence-electron chi connectivity index (χ2n) is 11.1. The summed E-state index contributed by atoms with van der Waals surface area (Å²) in [5, 5.41) is 11.5. The van der Waals surface area contributed by atoms with E-state index in [2.05, 4.69) is 61.5 Å². The summed E-state index contributed by atoms with van der Waals surface area (Å²) in [6.07, 6.45) is 5.23. The second kappa shape index (κ2) is 9.44. The maximum absolute atomic E-state index is 11.5. The molecular weight excluding hydrogens is 432 g/mol. The molecule has 6 atom stereocenters. The quantitative estimate of drug-likeness (QED) is 0.439. The van der Waals surface area contributed by atoms with Crippen molar-refractivity contribution in [2.45, 2.75) is 70.4 Å². The van der Waals surface area contributed by atoms with Crippen LogP contribution in [0.25, 0.3) is 0 Å². The molecule has 3 aliphatic rings. The fourth-order valence-corrected chi connectivity index (χ4v) is 7.47. The van der Waals surface area contributed by atoms with Crippen LogP contribution < -0.4 is 4.74 Å². The minimum atomic E-state index is -0.322. The second-order valence-corrected chi connectivity index (χ2v) is 11.1. The molecule has 0 amide bonds. The van der Waals surface area contributed by atoms with E-state index in [-0.39, 0.29) is 23.5 Å². The Kier molecular flexibility index (Phi) is 6.16. The number of hydrogen-bond donors (Lipinski definition) is 1. The van der Waals surface area contributed by atoms with Gasteiger partial charge in [0.2, 0.25) is 0 Å². The molecule has 0 spiro atoms. The summed E-state index contributed by atoms with van der Waals surface area (Å²) in [6.45, 7) is 3.63. The van der Waals surface area contributed by atoms with Crippen LogP contribution in [0.1, 0.15) is 60.8 Å². The summed E-state index contributed by atoms with van der Waals surface area (Å²) in [6, 6.07) is 27.3. The number of rotatable bonds is 6. The van der Waals surface area contributed by atoms with Gasteiger partial charge in [0.25, 0.3) is 0 Å². The maximum atomic E-state index is 11.5. The van der Waals surface area contributed by atoms with Crippen LogP contribution in [-0.4, -0.2) is 17.3 Å². The predicted molar refractivity (Wildman–Crippen MR) is 138 cm³/mol. The third kappa shape index (κ3) is 4.30. The van der Waals surface area contributed by atoms with Crippen molar-refractivity contribution in [3.8, 4) is 5.75 Å². The van der Waals surface area contributed by atoms with Crippen molar-refractivity contribution in [2.24, 2.45) is 17.3 Å². The van der Waals surface area contributed by atoms with Crippen LogP contribution in [0.3, 0.4) is 0 Å². The first-order valence-electron chi connectivity index (χ1n) is 13.2. The molecule has 0 aromatic heterocycles. The van der Waals surface area contributed by atoms with Gasteiger partial charge >= 0.3 is 0 Å². The highest BCUT2D eigenvalue weighted by atomic mass is 16.5. The number of aliphatic hydroxyl groups is 1. The Hall–Kier alpha value is -2.62. The molecule has 6 rings (SSSR count). The Morgan fingerprint density at radius 2 is 1.57 bits per heavy atom. The summed E-state index contributed by atoms with van der Waals surface area (Å²) in [5.74, 6) is 2.29. The number of aliphatic hydroxyl groups excluding tert-OH is 1. The average molecular weight is 469 g/mol. The van der Waals surface area contributed by atoms with Gasteiger partial charge in [-0.3, -0.25) is 0 Å². The van der Waals surface area contributed by atoms with Crippen molar-refractivity contribution in [1.82, 2.24) is 0 Å². The van der Waals surface area contributed by atoms with Gasteiger partial charge in [-0.1, -0.05) is 73.7 Å². The van der Waals surface area contributed by atoms with Crippen LogP contribution >= 0.6 is 0 Å². The van der Waals surface area contributed by atoms with E-state index in [0.29, 0.717) is 25.0 Å². The predicted octanol–water partition coefficient (Wildman–Crippen LogP) is 6.68. The lowest BCUT2D eigenvalue weighted by Gasteiger charge is -2.52. The first-order valence-corrected chi connectivity index (χ1v) is 13.2. The molecule has 3 nitrogen and oxygen atoms in total. The minimum absolute atomic E-state index is 0.0472. The lowest BCUT2D eigenvalue weighted by molar-refractivity contribution is -0.106. The smallest absolute Gasteiger partial charge is 0.120 e. The Morgan fingerprint density at radius 3 is 2.31 bits per heavy atom. The largest absolute Gasteiger partial charge is 0.489 e. The van der Waals surface area contributed by atoms with Crippen molar-refractivity contribution in [3.63, 3.8) is 0 Å². The first kappa shape index (κ1) is 22.8. The van der Waals surface area contributed by atoms with Crippen molar-refractivity contribution in [3.05, 3.63) is 101 Å². The fraction of sp³-hybridized carbons (Fsp3) is 0.438. The Bertz CT molecular complexity index is 1140. The summed E-state index contributed by atoms with van der Waals surface area (Å²) in [7, 11) is 0. The molecule has 3 aliphatic carbocycles. The van der Waals surface area contributed by atoms with Crippen LogP contribution in [0.4, 0.5) is 0 Å². The molecule has 0 aliphatic heterocycles. The van der Waals surface area contributed by atoms with E-state index < -0.39 is 0 Å². The van der Waals surface area contributed by atoms with E-state index in [1.807, 2.05) is 24.3 Å². The van der Waals surface area contributed by atoms with Crippen molar-refractivity contribution in [1.29, 1.82) is 0 Å². The summed E-state index contributed by atoms with van der Waals surface area (Å²) >= 11 is 0. The molecule has 0 unspecified atom stereocenters. The molecule has 2 saturated carbocycles. The number of fused-ring (bicyclic) bond motifs is 5. The van der Waals surface area contributed by atoms with E-state index in [1.54, 1.807) is 0 Å². The van der Waals surface area contributed by atoms with E-state index in [9.17, 15) is 5.11 Å². The topological polar surface area (TPSA) is 38.7 Å². The van der Waals surface area contributed by atoms with Gasteiger partial charge in [0.05, 0.1) is 18.8 Å². The molecule has 0 heterocycles. The molecule has 35 heavy (non-hydrogen) atoms. The Balaban J connectivity index is 1.17.